The van der Waals surface area contributed by atoms with E-state index in [1.54, 1.807) is 48.0 Å². The molecule has 0 aromatic heterocycles. The Kier molecular flexibility index (Phi) is 28.3. The highest BCUT2D eigenvalue weighted by molar-refractivity contribution is 5.96. The van der Waals surface area contributed by atoms with Crippen molar-refractivity contribution < 1.29 is 52.6 Å². The van der Waals surface area contributed by atoms with Crippen molar-refractivity contribution in [1.29, 1.82) is 0 Å². The van der Waals surface area contributed by atoms with Gasteiger partial charge in [-0.3, -0.25) is 48.1 Å². The molecule has 1 aromatic rings. The number of methoxy groups -OCH3 is 2. The van der Waals surface area contributed by atoms with Gasteiger partial charge in [0.05, 0.1) is 75.4 Å². The Morgan fingerprint density at radius 2 is 1.35 bits per heavy atom. The summed E-state index contributed by atoms with van der Waals surface area (Å²) in [6.45, 7) is 11.8. The molecule has 1 saturated heterocycles. The molecule has 9 atom stereocenters. The van der Waals surface area contributed by atoms with Gasteiger partial charge in [0.25, 0.3) is 0 Å². The van der Waals surface area contributed by atoms with E-state index >= 15 is 0 Å². The van der Waals surface area contributed by atoms with Gasteiger partial charge in [0.2, 0.25) is 53.2 Å². The Balaban J connectivity index is 2.09. The first-order valence-corrected chi connectivity index (χ1v) is 25.5. The molecule has 9 N–H and O–H groups in total. The number of likely N-dealkylation sites (N-methyl/N-ethyl adjacent to an activating group) is 2. The van der Waals surface area contributed by atoms with E-state index in [0.717, 1.165) is 5.56 Å². The van der Waals surface area contributed by atoms with Crippen LogP contribution >= 0.6 is 0 Å². The second-order valence-electron chi connectivity index (χ2n) is 19.9. The van der Waals surface area contributed by atoms with Crippen LogP contribution in [-0.4, -0.2) is 191 Å². The topological polar surface area (TPSA) is 341 Å². The maximum Gasteiger partial charge on any atom is 0.245 e. The van der Waals surface area contributed by atoms with Gasteiger partial charge in [-0.2, -0.15) is 0 Å². The summed E-state index contributed by atoms with van der Waals surface area (Å²) in [7, 11) is 8.38. The third-order valence-corrected chi connectivity index (χ3v) is 13.3. The average molecular weight is 1060 g/mol. The molecule has 1 heterocycles. The summed E-state index contributed by atoms with van der Waals surface area (Å²) in [6, 6.07) is 3.80. The molecule has 1 aliphatic rings. The fraction of sp³-hybridized carbons (Fsp3) is 0.700. The summed E-state index contributed by atoms with van der Waals surface area (Å²) in [6.07, 6.45) is 0.717. The molecule has 0 spiro atoms. The number of nitrogens with two attached hydrogens (primary N) is 1. The zero-order valence-electron chi connectivity index (χ0n) is 45.9. The van der Waals surface area contributed by atoms with E-state index in [2.05, 4.69) is 47.2 Å². The lowest BCUT2D eigenvalue weighted by atomic mass is 9.89. The molecule has 0 unspecified atom stereocenters. The normalized spacial score (nSPS) is 16.5. The third-order valence-electron chi connectivity index (χ3n) is 13.3. The van der Waals surface area contributed by atoms with Crippen molar-refractivity contribution in [2.45, 2.75) is 123 Å². The van der Waals surface area contributed by atoms with Crippen LogP contribution in [0.3, 0.4) is 0 Å². The second-order valence-corrected chi connectivity index (χ2v) is 19.9. The van der Waals surface area contributed by atoms with Gasteiger partial charge in [0.15, 0.2) is 0 Å². The minimum atomic E-state index is -0.816. The molecule has 9 amide bonds. The van der Waals surface area contributed by atoms with Crippen LogP contribution in [0.25, 0.3) is 10.4 Å². The van der Waals surface area contributed by atoms with Crippen LogP contribution in [0, 0.1) is 23.7 Å². The Labute approximate surface area is 441 Å². The highest BCUT2D eigenvalue weighted by Crippen LogP contribution is 2.30. The molecule has 0 radical (unpaired) electrons. The van der Waals surface area contributed by atoms with Gasteiger partial charge in [-0.15, -0.1) is 0 Å². The van der Waals surface area contributed by atoms with Gasteiger partial charge < -0.3 is 62.2 Å². The van der Waals surface area contributed by atoms with E-state index in [-0.39, 0.29) is 73.9 Å². The number of carbonyl (C=O) groups is 9. The summed E-state index contributed by atoms with van der Waals surface area (Å²) >= 11 is 0. The lowest BCUT2D eigenvalue weighted by Gasteiger charge is -2.41. The van der Waals surface area contributed by atoms with Crippen LogP contribution in [0.15, 0.2) is 29.4 Å². The number of amides is 9. The smallest absolute Gasteiger partial charge is 0.245 e. The zero-order chi connectivity index (χ0) is 56.5. The largest absolute Gasteiger partial charge is 0.379 e. The lowest BCUT2D eigenvalue weighted by Crippen LogP contribution is -2.59. The standard InChI is InChI=1S/C50H84N14O11/c1-13-31(6)46(63(10)50(73)44(29(2)3)60-49(72)45(30(4)5)62(8)9)37(74-11)22-43(70)64-20-14-15-36(64)47(75-12)32(7)48(71)59-35(24-57-61-52)21-33-16-18-34(19-17-33)58-42(69)28-56-41(68)27-55-40(67)26-54-39(66)25-53-38(65)23-51/h16-19,29-32,35-37,44-47H,13-15,20-28,51H2,1-12H3,(H,53,65)(H,54,66)(H,55,67)(H,56,68)(H,58,69)(H,59,71)(H,60,72)/t31-,32+,35-,36-,37+,44-,45-,46-,47+/m0/s1. The molecule has 25 heteroatoms. The van der Waals surface area contributed by atoms with Crippen molar-refractivity contribution in [2.24, 2.45) is 34.5 Å². The molecule has 0 aliphatic carbocycles. The molecule has 2 rings (SSSR count). The van der Waals surface area contributed by atoms with E-state index in [1.165, 1.54) is 14.2 Å². The number of azide groups is 1. The fourth-order valence-corrected chi connectivity index (χ4v) is 9.23. The van der Waals surface area contributed by atoms with Crippen molar-refractivity contribution in [3.05, 3.63) is 40.3 Å². The highest BCUT2D eigenvalue weighted by atomic mass is 16.5. The number of rotatable bonds is 32. The van der Waals surface area contributed by atoms with Crippen molar-refractivity contribution in [3.8, 4) is 0 Å². The van der Waals surface area contributed by atoms with Crippen LogP contribution < -0.4 is 43.0 Å². The predicted octanol–water partition coefficient (Wildman–Crippen LogP) is 0.0335. The first kappa shape index (κ1) is 64.7. The maximum atomic E-state index is 14.4. The fourth-order valence-electron chi connectivity index (χ4n) is 9.23. The molecule has 1 aromatic carbocycles. The van der Waals surface area contributed by atoms with E-state index in [1.807, 2.05) is 60.5 Å². The number of anilines is 1. The Morgan fingerprint density at radius 1 is 0.787 bits per heavy atom. The van der Waals surface area contributed by atoms with Gasteiger partial charge in [-0.1, -0.05) is 72.1 Å². The van der Waals surface area contributed by atoms with Crippen molar-refractivity contribution in [2.75, 3.05) is 86.5 Å². The van der Waals surface area contributed by atoms with Crippen LogP contribution in [0.1, 0.15) is 79.7 Å². The van der Waals surface area contributed by atoms with E-state index in [0.29, 0.717) is 31.5 Å². The lowest BCUT2D eigenvalue weighted by molar-refractivity contribution is -0.148. The second kappa shape index (κ2) is 32.8. The molecule has 25 nitrogen and oxygen atoms in total. The number of hydrogen-bond donors (Lipinski definition) is 8. The van der Waals surface area contributed by atoms with Crippen LogP contribution in [0.5, 0.6) is 0 Å². The van der Waals surface area contributed by atoms with Gasteiger partial charge in [-0.05, 0) is 74.3 Å². The summed E-state index contributed by atoms with van der Waals surface area (Å²) < 4.78 is 12.0. The molecule has 1 fully saturated rings. The van der Waals surface area contributed by atoms with Crippen molar-refractivity contribution in [1.82, 2.24) is 46.6 Å². The summed E-state index contributed by atoms with van der Waals surface area (Å²) in [5.74, 6) is -5.24. The number of nitrogens with zero attached hydrogens (tertiary/aromatic N) is 6. The number of benzene rings is 1. The maximum absolute atomic E-state index is 14.4. The van der Waals surface area contributed by atoms with Crippen LogP contribution in [-0.2, 0) is 59.0 Å². The minimum absolute atomic E-state index is 0.00414. The van der Waals surface area contributed by atoms with Gasteiger partial charge in [-0.25, -0.2) is 0 Å². The number of ether oxygens (including phenoxy) is 2. The Hall–Kier alpha value is -6.40. The molecular formula is C50H84N14O11. The Morgan fingerprint density at radius 3 is 1.83 bits per heavy atom. The molecule has 420 valence electrons. The van der Waals surface area contributed by atoms with Gasteiger partial charge >= 0.3 is 0 Å². The number of likely N-dealkylation sites (tertiary alicyclic amines) is 1. The molecule has 1 aliphatic heterocycles. The molecular weight excluding hydrogens is 973 g/mol. The number of carbonyl (C=O) groups excluding carboxylic acids is 9. The predicted molar refractivity (Wildman–Crippen MR) is 281 cm³/mol. The van der Waals surface area contributed by atoms with Crippen molar-refractivity contribution in [3.63, 3.8) is 0 Å². The summed E-state index contributed by atoms with van der Waals surface area (Å²) in [4.78, 5) is 124. The highest BCUT2D eigenvalue weighted by Gasteiger charge is 2.43. The van der Waals surface area contributed by atoms with E-state index in [9.17, 15) is 48.7 Å². The average Bonchev–Trinajstić information content (AvgIpc) is 3.86. The quantitative estimate of drug-likeness (QED) is 0.0269. The summed E-state index contributed by atoms with van der Waals surface area (Å²) in [5, 5.41) is 21.6. The van der Waals surface area contributed by atoms with Crippen molar-refractivity contribution >= 4 is 58.9 Å². The number of nitrogens with one attached hydrogen (secondary N) is 7. The SMILES string of the molecule is CC[C@H](C)[C@@H]([C@@H](CC(=O)N1CCC[C@H]1[C@H](OC)[C@@H](C)C(=O)N[C@H](CN=[N+]=[N-])Cc1ccc(NC(=O)CNC(=O)CNC(=O)CNC(=O)CNC(=O)CN)cc1)OC)N(C)C(=O)[C@@H](NC(=O)[C@H](C(C)C)N(C)C)C(C)C. The zero-order valence-corrected chi connectivity index (χ0v) is 45.9. The molecule has 0 bridgehead atoms. The molecule has 75 heavy (non-hydrogen) atoms. The van der Waals surface area contributed by atoms with Gasteiger partial charge in [0.1, 0.15) is 6.04 Å². The number of hydrogen-bond acceptors (Lipinski definition) is 14. The first-order valence-electron chi connectivity index (χ1n) is 25.5. The van der Waals surface area contributed by atoms with E-state index in [4.69, 9.17) is 15.2 Å². The molecule has 0 saturated carbocycles. The first-order chi connectivity index (χ1) is 35.4. The minimum Gasteiger partial charge on any atom is -0.379 e. The Bertz CT molecular complexity index is 2110. The summed E-state index contributed by atoms with van der Waals surface area (Å²) in [5.41, 5.74) is 15.5. The van der Waals surface area contributed by atoms with Crippen LogP contribution in [0.4, 0.5) is 5.69 Å². The third kappa shape index (κ3) is 21.0. The van der Waals surface area contributed by atoms with Gasteiger partial charge in [0, 0.05) is 51.0 Å². The monoisotopic (exact) mass is 1060 g/mol. The van der Waals surface area contributed by atoms with E-state index < -0.39 is 97.5 Å². The van der Waals surface area contributed by atoms with Crippen LogP contribution in [0.2, 0.25) is 0 Å².